The molecule has 5 nitrogen and oxygen atoms in total. The molecule has 5 heteroatoms. The highest BCUT2D eigenvalue weighted by Crippen LogP contribution is 2.16. The molecule has 0 saturated carbocycles. The molecule has 1 amide bonds. The number of amides is 1. The van der Waals surface area contributed by atoms with Crippen molar-refractivity contribution >= 4 is 11.6 Å². The summed E-state index contributed by atoms with van der Waals surface area (Å²) in [4.78, 5) is 23.6. The molecule has 0 aliphatic rings. The van der Waals surface area contributed by atoms with Gasteiger partial charge in [0.05, 0.1) is 5.69 Å². The van der Waals surface area contributed by atoms with E-state index >= 15 is 0 Å². The highest BCUT2D eigenvalue weighted by Gasteiger charge is 2.17. The molecule has 2 N–H and O–H groups in total. The highest BCUT2D eigenvalue weighted by atomic mass is 16.4. The quantitative estimate of drug-likeness (QED) is 0.742. The first kappa shape index (κ1) is 15.3. The highest BCUT2D eigenvalue weighted by molar-refractivity contribution is 5.98. The maximum Gasteiger partial charge on any atom is 0.350 e. The van der Waals surface area contributed by atoms with Crippen molar-refractivity contribution in [1.82, 2.24) is 5.32 Å². The van der Waals surface area contributed by atoms with Crippen molar-refractivity contribution in [2.24, 2.45) is 0 Å². The van der Waals surface area contributed by atoms with Crippen molar-refractivity contribution in [3.05, 3.63) is 27.8 Å². The van der Waals surface area contributed by atoms with Gasteiger partial charge in [-0.1, -0.05) is 19.8 Å². The maximum atomic E-state index is 11.9. The van der Waals surface area contributed by atoms with Crippen LogP contribution >= 0.6 is 0 Å². The molecule has 1 aromatic heterocycles. The average molecular weight is 266 g/mol. The van der Waals surface area contributed by atoms with Crippen molar-refractivity contribution in [2.45, 2.75) is 39.5 Å². The van der Waals surface area contributed by atoms with E-state index in [0.717, 1.165) is 25.7 Å². The minimum Gasteiger partial charge on any atom is -0.427 e. The van der Waals surface area contributed by atoms with Gasteiger partial charge in [0.15, 0.2) is 0 Å². The second kappa shape index (κ2) is 7.61. The molecule has 1 aromatic rings. The molecule has 0 aromatic carbocycles. The van der Waals surface area contributed by atoms with Gasteiger partial charge >= 0.3 is 5.63 Å². The zero-order valence-electron chi connectivity index (χ0n) is 11.8. The minimum absolute atomic E-state index is 0.0450. The van der Waals surface area contributed by atoms with E-state index in [4.69, 9.17) is 4.42 Å². The molecule has 1 heterocycles. The first-order valence-electron chi connectivity index (χ1n) is 6.77. The predicted molar refractivity (Wildman–Crippen MR) is 75.8 cm³/mol. The Morgan fingerprint density at radius 1 is 1.32 bits per heavy atom. The van der Waals surface area contributed by atoms with E-state index in [-0.39, 0.29) is 5.56 Å². The standard InChI is InChI=1S/C14H22N2O3/c1-4-6-7-8-10-9-11(16-5-2)12(13(17)15-3)14(18)19-10/h9,16H,4-8H2,1-3H3,(H,15,17). The van der Waals surface area contributed by atoms with Gasteiger partial charge in [-0.15, -0.1) is 0 Å². The first-order valence-corrected chi connectivity index (χ1v) is 6.77. The molecule has 0 radical (unpaired) electrons. The monoisotopic (exact) mass is 266 g/mol. The molecule has 0 saturated heterocycles. The predicted octanol–water partition coefficient (Wildman–Crippen LogP) is 2.16. The molecule has 0 spiro atoms. The number of nitrogens with one attached hydrogen (secondary N) is 2. The fourth-order valence-electron chi connectivity index (χ4n) is 1.88. The molecule has 1 rings (SSSR count). The van der Waals surface area contributed by atoms with Crippen molar-refractivity contribution < 1.29 is 9.21 Å². The number of hydrogen-bond acceptors (Lipinski definition) is 4. The van der Waals surface area contributed by atoms with Gasteiger partial charge in [-0.2, -0.15) is 0 Å². The van der Waals surface area contributed by atoms with E-state index in [1.54, 1.807) is 6.07 Å². The molecule has 0 fully saturated rings. The van der Waals surface area contributed by atoms with Crippen molar-refractivity contribution in [3.63, 3.8) is 0 Å². The second-order valence-corrected chi connectivity index (χ2v) is 4.36. The van der Waals surface area contributed by atoms with Crippen molar-refractivity contribution in [2.75, 3.05) is 18.9 Å². The lowest BCUT2D eigenvalue weighted by Gasteiger charge is -2.10. The fraction of sp³-hybridized carbons (Fsp3) is 0.571. The van der Waals surface area contributed by atoms with Gasteiger partial charge in [-0.25, -0.2) is 4.79 Å². The SMILES string of the molecule is CCCCCc1cc(NCC)c(C(=O)NC)c(=O)o1. The van der Waals surface area contributed by atoms with Gasteiger partial charge in [-0.05, 0) is 13.3 Å². The molecule has 0 aliphatic carbocycles. The van der Waals surface area contributed by atoms with Gasteiger partial charge < -0.3 is 15.1 Å². The number of rotatable bonds is 7. The van der Waals surface area contributed by atoms with Crippen LogP contribution in [0.3, 0.4) is 0 Å². The Labute approximate surface area is 113 Å². The lowest BCUT2D eigenvalue weighted by Crippen LogP contribution is -2.27. The lowest BCUT2D eigenvalue weighted by atomic mass is 10.1. The first-order chi connectivity index (χ1) is 9.13. The van der Waals surface area contributed by atoms with Gasteiger partial charge in [0, 0.05) is 26.1 Å². The molecular weight excluding hydrogens is 244 g/mol. The van der Waals surface area contributed by atoms with E-state index in [2.05, 4.69) is 17.6 Å². The molecule has 0 aliphatic heterocycles. The van der Waals surface area contributed by atoms with Crippen LogP contribution in [0.1, 0.15) is 49.2 Å². The van der Waals surface area contributed by atoms with E-state index < -0.39 is 11.5 Å². The van der Waals surface area contributed by atoms with Crippen molar-refractivity contribution in [3.8, 4) is 0 Å². The summed E-state index contributed by atoms with van der Waals surface area (Å²) < 4.78 is 5.21. The van der Waals surface area contributed by atoms with E-state index in [1.165, 1.54) is 7.05 Å². The van der Waals surface area contributed by atoms with Crippen LogP contribution in [0.25, 0.3) is 0 Å². The number of anilines is 1. The fourth-order valence-corrected chi connectivity index (χ4v) is 1.88. The van der Waals surface area contributed by atoms with Crippen LogP contribution in [-0.2, 0) is 6.42 Å². The molecule has 0 unspecified atom stereocenters. The van der Waals surface area contributed by atoms with Crippen LogP contribution in [0.15, 0.2) is 15.3 Å². The number of carbonyl (C=O) groups is 1. The Kier molecular flexibility index (Phi) is 6.12. The maximum absolute atomic E-state index is 11.9. The summed E-state index contributed by atoms with van der Waals surface area (Å²) in [6, 6.07) is 1.76. The second-order valence-electron chi connectivity index (χ2n) is 4.36. The summed E-state index contributed by atoms with van der Waals surface area (Å²) in [7, 11) is 1.49. The van der Waals surface area contributed by atoms with E-state index in [0.29, 0.717) is 18.0 Å². The average Bonchev–Trinajstić information content (AvgIpc) is 2.38. The van der Waals surface area contributed by atoms with Crippen molar-refractivity contribution in [1.29, 1.82) is 0 Å². The topological polar surface area (TPSA) is 71.3 Å². The Balaban J connectivity index is 3.06. The lowest BCUT2D eigenvalue weighted by molar-refractivity contribution is 0.0959. The number of aryl methyl sites for hydroxylation is 1. The largest absolute Gasteiger partial charge is 0.427 e. The minimum atomic E-state index is -0.579. The summed E-state index contributed by atoms with van der Waals surface area (Å²) in [5.41, 5.74) is 0.0116. The summed E-state index contributed by atoms with van der Waals surface area (Å²) in [6.45, 7) is 4.68. The zero-order valence-corrected chi connectivity index (χ0v) is 11.8. The van der Waals surface area contributed by atoms with Crippen LogP contribution in [-0.4, -0.2) is 19.5 Å². The van der Waals surface area contributed by atoms with Crippen LogP contribution in [0.5, 0.6) is 0 Å². The summed E-state index contributed by atoms with van der Waals surface area (Å²) in [6.07, 6.45) is 3.90. The molecule has 19 heavy (non-hydrogen) atoms. The van der Waals surface area contributed by atoms with Gasteiger partial charge in [0.1, 0.15) is 11.3 Å². The Hall–Kier alpha value is -1.78. The Morgan fingerprint density at radius 3 is 2.63 bits per heavy atom. The van der Waals surface area contributed by atoms with Gasteiger partial charge in [-0.3, -0.25) is 4.79 Å². The molecular formula is C14H22N2O3. The van der Waals surface area contributed by atoms with Gasteiger partial charge in [0.2, 0.25) is 0 Å². The normalized spacial score (nSPS) is 10.3. The number of unbranched alkanes of at least 4 members (excludes halogenated alkanes) is 2. The molecule has 106 valence electrons. The smallest absolute Gasteiger partial charge is 0.350 e. The van der Waals surface area contributed by atoms with Crippen LogP contribution < -0.4 is 16.3 Å². The van der Waals surface area contributed by atoms with Gasteiger partial charge in [0.25, 0.3) is 5.91 Å². The summed E-state index contributed by atoms with van der Waals surface area (Å²) >= 11 is 0. The van der Waals surface area contributed by atoms with Crippen LogP contribution in [0.2, 0.25) is 0 Å². The Bertz CT molecular complexity index is 480. The zero-order chi connectivity index (χ0) is 14.3. The number of hydrogen-bond donors (Lipinski definition) is 2. The Morgan fingerprint density at radius 2 is 2.05 bits per heavy atom. The van der Waals surface area contributed by atoms with Crippen LogP contribution in [0.4, 0.5) is 5.69 Å². The van der Waals surface area contributed by atoms with E-state index in [9.17, 15) is 9.59 Å². The third kappa shape index (κ3) is 4.12. The number of carbonyl (C=O) groups excluding carboxylic acids is 1. The summed E-state index contributed by atoms with van der Waals surface area (Å²) in [5.74, 6) is 0.201. The third-order valence-electron chi connectivity index (χ3n) is 2.85. The molecule has 0 atom stereocenters. The molecule has 0 bridgehead atoms. The van der Waals surface area contributed by atoms with Crippen LogP contribution in [0, 0.1) is 0 Å². The summed E-state index contributed by atoms with van der Waals surface area (Å²) in [5, 5.41) is 5.50. The third-order valence-corrected chi connectivity index (χ3v) is 2.85. The van der Waals surface area contributed by atoms with E-state index in [1.807, 2.05) is 6.92 Å².